The van der Waals surface area contributed by atoms with E-state index in [-0.39, 0.29) is 16.7 Å². The van der Waals surface area contributed by atoms with Crippen molar-refractivity contribution in [1.82, 2.24) is 0 Å². The number of hydrogen-bond donors (Lipinski definition) is 1. The van der Waals surface area contributed by atoms with Gasteiger partial charge in [-0.15, -0.1) is 0 Å². The van der Waals surface area contributed by atoms with Crippen LogP contribution in [0.2, 0.25) is 0 Å². The van der Waals surface area contributed by atoms with Gasteiger partial charge in [-0.05, 0) is 52.3 Å². The first-order valence-corrected chi connectivity index (χ1v) is 12.6. The average molecular weight is 563 g/mol. The predicted octanol–water partition coefficient (Wildman–Crippen LogP) is 1.40. The molecule has 0 aromatic rings. The molecule has 3 aliphatic rings. The summed E-state index contributed by atoms with van der Waals surface area (Å²) in [6, 6.07) is 0. The second-order valence-electron chi connectivity index (χ2n) is 10.0. The highest BCUT2D eigenvalue weighted by Crippen LogP contribution is 2.41. The lowest BCUT2D eigenvalue weighted by molar-refractivity contribution is -0.193. The maximum absolute atomic E-state index is 13.4. The quantitative estimate of drug-likeness (QED) is 0.156. The molecule has 0 spiro atoms. The van der Waals surface area contributed by atoms with Crippen molar-refractivity contribution >= 4 is 29.8 Å². The highest BCUT2D eigenvalue weighted by atomic mass is 16.6. The van der Waals surface area contributed by atoms with E-state index >= 15 is 0 Å². The molecule has 1 N–H and O–H groups in total. The minimum Gasteiger partial charge on any atom is -0.466 e. The zero-order valence-corrected chi connectivity index (χ0v) is 23.4. The van der Waals surface area contributed by atoms with Gasteiger partial charge in [0.25, 0.3) is 0 Å². The summed E-state index contributed by atoms with van der Waals surface area (Å²) < 4.78 is 32.6. The van der Waals surface area contributed by atoms with Crippen molar-refractivity contribution < 1.29 is 57.5 Å². The number of carbonyl (C=O) groups is 5. The molecule has 2 heterocycles. The Balaban J connectivity index is 2.21. The van der Waals surface area contributed by atoms with Crippen LogP contribution >= 0.6 is 0 Å². The molecule has 3 rings (SSSR count). The van der Waals surface area contributed by atoms with Gasteiger partial charge in [-0.1, -0.05) is 12.7 Å². The largest absolute Gasteiger partial charge is 0.466 e. The zero-order chi connectivity index (χ0) is 30.1. The lowest BCUT2D eigenvalue weighted by Crippen LogP contribution is -2.53. The van der Waals surface area contributed by atoms with Crippen LogP contribution < -0.4 is 0 Å². The van der Waals surface area contributed by atoms with Gasteiger partial charge in [-0.3, -0.25) is 4.79 Å². The number of carbonyl (C=O) groups excluding carboxylic acids is 5. The second-order valence-corrected chi connectivity index (χ2v) is 10.0. The van der Waals surface area contributed by atoms with Crippen molar-refractivity contribution in [3.8, 4) is 0 Å². The molecule has 218 valence electrons. The molecule has 0 bridgehead atoms. The third-order valence-corrected chi connectivity index (χ3v) is 7.17. The molecular formula is C28H34O12. The van der Waals surface area contributed by atoms with Gasteiger partial charge in [0.1, 0.15) is 24.4 Å². The molecule has 40 heavy (non-hydrogen) atoms. The van der Waals surface area contributed by atoms with Crippen molar-refractivity contribution in [2.45, 2.75) is 83.8 Å². The lowest BCUT2D eigenvalue weighted by Gasteiger charge is -2.35. The average Bonchev–Trinajstić information content (AvgIpc) is 3.61. The maximum Gasteiger partial charge on any atom is 0.342 e. The number of rotatable bonds is 7. The Morgan fingerprint density at radius 2 is 1.80 bits per heavy atom. The fourth-order valence-electron chi connectivity index (χ4n) is 4.40. The number of fused-ring (bicyclic) bond motifs is 2. The smallest absolute Gasteiger partial charge is 0.342 e. The van der Waals surface area contributed by atoms with E-state index in [1.54, 1.807) is 19.9 Å². The molecule has 1 aliphatic carbocycles. The number of hydrogen-bond acceptors (Lipinski definition) is 12. The van der Waals surface area contributed by atoms with Crippen LogP contribution in [0.3, 0.4) is 0 Å². The van der Waals surface area contributed by atoms with Gasteiger partial charge >= 0.3 is 29.8 Å². The Morgan fingerprint density at radius 3 is 2.38 bits per heavy atom. The van der Waals surface area contributed by atoms with Crippen LogP contribution in [-0.2, 0) is 52.4 Å². The molecule has 0 saturated carbocycles. The van der Waals surface area contributed by atoms with Crippen LogP contribution in [0, 0.1) is 5.92 Å². The number of esters is 5. The fourth-order valence-corrected chi connectivity index (χ4v) is 4.40. The number of epoxide rings is 1. The van der Waals surface area contributed by atoms with Gasteiger partial charge in [0.2, 0.25) is 0 Å². The molecule has 2 aliphatic heterocycles. The van der Waals surface area contributed by atoms with Crippen LogP contribution in [0.1, 0.15) is 41.5 Å². The van der Waals surface area contributed by atoms with Crippen LogP contribution in [-0.4, -0.2) is 84.3 Å². The van der Waals surface area contributed by atoms with Gasteiger partial charge < -0.3 is 33.5 Å². The third-order valence-electron chi connectivity index (χ3n) is 7.17. The normalized spacial score (nSPS) is 30.1. The topological polar surface area (TPSA) is 164 Å². The molecule has 0 aromatic heterocycles. The minimum absolute atomic E-state index is 0.0934. The molecule has 0 radical (unpaired) electrons. The summed E-state index contributed by atoms with van der Waals surface area (Å²) >= 11 is 0. The van der Waals surface area contributed by atoms with Crippen molar-refractivity contribution in [2.75, 3.05) is 7.11 Å². The summed E-state index contributed by atoms with van der Waals surface area (Å²) in [5, 5.41) is 11.0. The second kappa shape index (κ2) is 11.8. The van der Waals surface area contributed by atoms with Crippen LogP contribution in [0.15, 0.2) is 47.1 Å². The first-order valence-electron chi connectivity index (χ1n) is 12.6. The Kier molecular flexibility index (Phi) is 9.05. The Morgan fingerprint density at radius 1 is 1.15 bits per heavy atom. The molecule has 0 amide bonds. The van der Waals surface area contributed by atoms with E-state index in [1.807, 2.05) is 0 Å². The van der Waals surface area contributed by atoms with Crippen molar-refractivity contribution in [2.24, 2.45) is 5.92 Å². The minimum atomic E-state index is -2.40. The van der Waals surface area contributed by atoms with Gasteiger partial charge in [-0.25, -0.2) is 19.2 Å². The maximum atomic E-state index is 13.4. The Hall–Kier alpha value is -3.77. The highest BCUT2D eigenvalue weighted by molar-refractivity contribution is 5.94. The van der Waals surface area contributed by atoms with E-state index in [4.69, 9.17) is 28.4 Å². The van der Waals surface area contributed by atoms with Crippen molar-refractivity contribution in [3.05, 3.63) is 47.1 Å². The van der Waals surface area contributed by atoms with Crippen LogP contribution in [0.25, 0.3) is 0 Å². The number of allylic oxidation sites excluding steroid dienone is 1. The van der Waals surface area contributed by atoms with E-state index in [1.165, 1.54) is 26.0 Å². The number of ether oxygens (including phenoxy) is 6. The summed E-state index contributed by atoms with van der Waals surface area (Å²) in [7, 11) is 1.10. The van der Waals surface area contributed by atoms with E-state index in [0.29, 0.717) is 5.57 Å². The van der Waals surface area contributed by atoms with E-state index in [9.17, 15) is 29.1 Å². The fraction of sp³-hybridized carbons (Fsp3) is 0.536. The number of methoxy groups -OCH3 is 1. The molecule has 12 nitrogen and oxygen atoms in total. The van der Waals surface area contributed by atoms with Crippen molar-refractivity contribution in [3.63, 3.8) is 0 Å². The molecule has 2 fully saturated rings. The summed E-state index contributed by atoms with van der Waals surface area (Å²) in [6.45, 7) is 12.1. The van der Waals surface area contributed by atoms with Gasteiger partial charge in [-0.2, -0.15) is 0 Å². The SMILES string of the molecule is C=C1C(=O)OC2C=C(C)C3OC3C=C(C(=O)OC)C(OC(=O)C(C)(O)C(C)OC(C)=O)C(OC(=O)C(C)=CC)C12. The standard InChI is InChI=1S/C28H34O12/c1-9-12(2)24(30)39-23-20-14(4)25(31)38-18(20)10-13(3)21-19(37-21)11-17(26(32)35-8)22(23)40-27(33)28(7,34)15(5)36-16(6)29/h9-11,15,18-23,34H,4H2,1-3,5-8H3. The van der Waals surface area contributed by atoms with Gasteiger partial charge in [0.05, 0.1) is 18.6 Å². The monoisotopic (exact) mass is 562 g/mol. The third kappa shape index (κ3) is 6.18. The predicted molar refractivity (Wildman–Crippen MR) is 136 cm³/mol. The molecule has 8 unspecified atom stereocenters. The zero-order valence-electron chi connectivity index (χ0n) is 23.4. The molecule has 2 saturated heterocycles. The summed E-state index contributed by atoms with van der Waals surface area (Å²) in [5.74, 6) is -5.75. The van der Waals surface area contributed by atoms with E-state index < -0.39 is 78.0 Å². The summed E-state index contributed by atoms with van der Waals surface area (Å²) in [5.41, 5.74) is -1.89. The Bertz CT molecular complexity index is 1210. The van der Waals surface area contributed by atoms with E-state index in [0.717, 1.165) is 21.0 Å². The first-order chi connectivity index (χ1) is 18.6. The molecule has 12 heteroatoms. The van der Waals surface area contributed by atoms with Crippen LogP contribution in [0.5, 0.6) is 0 Å². The van der Waals surface area contributed by atoms with Gasteiger partial charge in [0, 0.05) is 18.1 Å². The van der Waals surface area contributed by atoms with Crippen LogP contribution in [0.4, 0.5) is 0 Å². The summed E-state index contributed by atoms with van der Waals surface area (Å²) in [4.78, 5) is 63.7. The molecule has 0 aromatic carbocycles. The summed E-state index contributed by atoms with van der Waals surface area (Å²) in [6.07, 6.45) is -2.30. The van der Waals surface area contributed by atoms with Gasteiger partial charge in [0.15, 0.2) is 17.8 Å². The first kappa shape index (κ1) is 30.8. The number of aliphatic hydroxyl groups is 1. The Labute approximate surface area is 231 Å². The highest BCUT2D eigenvalue weighted by Gasteiger charge is 2.54. The molecule has 8 atom stereocenters. The molecular weight excluding hydrogens is 528 g/mol. The van der Waals surface area contributed by atoms with Crippen molar-refractivity contribution in [1.29, 1.82) is 0 Å². The van der Waals surface area contributed by atoms with E-state index in [2.05, 4.69) is 6.58 Å². The lowest BCUT2D eigenvalue weighted by atomic mass is 9.83.